The molecule has 90 valence electrons. The molecule has 0 radical (unpaired) electrons. The van der Waals surface area contributed by atoms with E-state index < -0.39 is 12.0 Å². The molecule has 2 rings (SSSR count). The summed E-state index contributed by atoms with van der Waals surface area (Å²) in [5.41, 5.74) is 6.13. The van der Waals surface area contributed by atoms with Crippen molar-refractivity contribution in [1.82, 2.24) is 5.32 Å². The number of carbonyl (C=O) groups is 1. The van der Waals surface area contributed by atoms with Gasteiger partial charge < -0.3 is 16.2 Å². The Labute approximate surface area is 103 Å². The molecule has 0 bridgehead atoms. The summed E-state index contributed by atoms with van der Waals surface area (Å²) in [6.07, 6.45) is -1.13. The van der Waals surface area contributed by atoms with Crippen molar-refractivity contribution in [2.45, 2.75) is 12.6 Å². The molecule has 1 aromatic heterocycles. The van der Waals surface area contributed by atoms with E-state index in [1.807, 2.05) is 12.1 Å². The Kier molecular flexibility index (Phi) is 3.73. The molecular weight excluding hydrogens is 236 g/mol. The monoisotopic (exact) mass is 250 g/mol. The number of benzene rings is 1. The first kappa shape index (κ1) is 12.0. The molecule has 1 atom stereocenters. The maximum Gasteiger partial charge on any atom is 0.247 e. The molecule has 1 aromatic carbocycles. The predicted molar refractivity (Wildman–Crippen MR) is 68.7 cm³/mol. The fourth-order valence-corrected chi connectivity index (χ4v) is 2.58. The second-order valence-electron chi connectivity index (χ2n) is 3.81. The number of nitrogens with one attached hydrogen (secondary N) is 1. The fourth-order valence-electron chi connectivity index (χ4n) is 1.61. The van der Waals surface area contributed by atoms with E-state index in [1.165, 1.54) is 15.6 Å². The molecule has 0 fully saturated rings. The zero-order chi connectivity index (χ0) is 12.3. The number of amides is 1. The number of hydrogen-bond acceptors (Lipinski definition) is 4. The highest BCUT2D eigenvalue weighted by molar-refractivity contribution is 7.17. The highest BCUT2D eigenvalue weighted by atomic mass is 32.1. The first-order chi connectivity index (χ1) is 8.18. The first-order valence-electron chi connectivity index (χ1n) is 5.31. The summed E-state index contributed by atoms with van der Waals surface area (Å²) in [4.78, 5) is 10.6. The molecule has 4 N–H and O–H groups in total. The predicted octanol–water partition coefficient (Wildman–Crippen LogP) is 0.837. The van der Waals surface area contributed by atoms with E-state index in [2.05, 4.69) is 22.8 Å². The minimum absolute atomic E-state index is 0.180. The standard InChI is InChI=1S/C12H14N2O2S/c13-12(16)10(15)6-14-5-8-7-17-11-4-2-1-3-9(8)11/h1-4,7,10,14-15H,5-6H2,(H2,13,16). The number of thiophene rings is 1. The van der Waals surface area contributed by atoms with E-state index in [0.29, 0.717) is 6.54 Å². The molecule has 0 aliphatic rings. The van der Waals surface area contributed by atoms with Crippen LogP contribution in [-0.4, -0.2) is 23.7 Å². The summed E-state index contributed by atoms with van der Waals surface area (Å²) in [5, 5.41) is 15.5. The van der Waals surface area contributed by atoms with Crippen LogP contribution in [0.4, 0.5) is 0 Å². The fraction of sp³-hybridized carbons (Fsp3) is 0.250. The Morgan fingerprint density at radius 3 is 3.00 bits per heavy atom. The minimum Gasteiger partial charge on any atom is -0.382 e. The molecule has 4 nitrogen and oxygen atoms in total. The van der Waals surface area contributed by atoms with Crippen molar-refractivity contribution in [1.29, 1.82) is 0 Å². The number of nitrogens with two attached hydrogens (primary N) is 1. The Balaban J connectivity index is 1.98. The normalized spacial score (nSPS) is 12.8. The molecule has 1 unspecified atom stereocenters. The number of carbonyl (C=O) groups excluding carboxylic acids is 1. The summed E-state index contributed by atoms with van der Waals surface area (Å²) in [7, 11) is 0. The quantitative estimate of drug-likeness (QED) is 0.736. The lowest BCUT2D eigenvalue weighted by Gasteiger charge is -2.07. The third-order valence-corrected chi connectivity index (χ3v) is 3.56. The van der Waals surface area contributed by atoms with Crippen LogP contribution >= 0.6 is 11.3 Å². The van der Waals surface area contributed by atoms with Gasteiger partial charge in [-0.1, -0.05) is 18.2 Å². The largest absolute Gasteiger partial charge is 0.382 e. The molecule has 0 saturated carbocycles. The van der Waals surface area contributed by atoms with Gasteiger partial charge in [0.15, 0.2) is 0 Å². The van der Waals surface area contributed by atoms with Gasteiger partial charge in [-0.2, -0.15) is 0 Å². The maximum atomic E-state index is 10.6. The molecule has 5 heteroatoms. The van der Waals surface area contributed by atoms with Crippen LogP contribution in [0.3, 0.4) is 0 Å². The molecule has 0 aliphatic heterocycles. The van der Waals surface area contributed by atoms with E-state index in [0.717, 1.165) is 0 Å². The van der Waals surface area contributed by atoms with Crippen LogP contribution in [0.25, 0.3) is 10.1 Å². The Hall–Kier alpha value is -1.43. The third-order valence-electron chi connectivity index (χ3n) is 2.54. The highest BCUT2D eigenvalue weighted by Gasteiger charge is 2.10. The van der Waals surface area contributed by atoms with Gasteiger partial charge in [-0.15, -0.1) is 11.3 Å². The number of hydrogen-bond donors (Lipinski definition) is 3. The molecular formula is C12H14N2O2S. The van der Waals surface area contributed by atoms with Gasteiger partial charge in [-0.3, -0.25) is 4.79 Å². The lowest BCUT2D eigenvalue weighted by atomic mass is 10.2. The van der Waals surface area contributed by atoms with Crippen molar-refractivity contribution in [3.63, 3.8) is 0 Å². The van der Waals surface area contributed by atoms with E-state index in [9.17, 15) is 9.90 Å². The van der Waals surface area contributed by atoms with Crippen LogP contribution in [-0.2, 0) is 11.3 Å². The second kappa shape index (κ2) is 5.27. The zero-order valence-corrected chi connectivity index (χ0v) is 10.0. The van der Waals surface area contributed by atoms with Crippen LogP contribution in [0, 0.1) is 0 Å². The van der Waals surface area contributed by atoms with Crippen LogP contribution in [0.5, 0.6) is 0 Å². The average molecular weight is 250 g/mol. The van der Waals surface area contributed by atoms with Gasteiger partial charge in [-0.05, 0) is 22.4 Å². The molecule has 1 amide bonds. The molecule has 17 heavy (non-hydrogen) atoms. The van der Waals surface area contributed by atoms with E-state index >= 15 is 0 Å². The zero-order valence-electron chi connectivity index (χ0n) is 9.22. The van der Waals surface area contributed by atoms with E-state index in [1.54, 1.807) is 11.3 Å². The van der Waals surface area contributed by atoms with Crippen molar-refractivity contribution >= 4 is 27.3 Å². The van der Waals surface area contributed by atoms with Gasteiger partial charge in [-0.25, -0.2) is 0 Å². The lowest BCUT2D eigenvalue weighted by molar-refractivity contribution is -0.125. The third kappa shape index (κ3) is 2.82. The number of aliphatic hydroxyl groups is 1. The Morgan fingerprint density at radius 2 is 2.24 bits per heavy atom. The molecule has 0 spiro atoms. The Morgan fingerprint density at radius 1 is 1.47 bits per heavy atom. The van der Waals surface area contributed by atoms with Crippen molar-refractivity contribution in [3.8, 4) is 0 Å². The summed E-state index contributed by atoms with van der Waals surface area (Å²) in [6.45, 7) is 0.799. The number of primary amides is 1. The summed E-state index contributed by atoms with van der Waals surface area (Å²) >= 11 is 1.68. The lowest BCUT2D eigenvalue weighted by Crippen LogP contribution is -2.37. The van der Waals surface area contributed by atoms with E-state index in [-0.39, 0.29) is 6.54 Å². The first-order valence-corrected chi connectivity index (χ1v) is 6.19. The van der Waals surface area contributed by atoms with Crippen LogP contribution in [0.15, 0.2) is 29.6 Å². The van der Waals surface area contributed by atoms with Crippen molar-refractivity contribution in [2.75, 3.05) is 6.54 Å². The van der Waals surface area contributed by atoms with Crippen LogP contribution in [0.1, 0.15) is 5.56 Å². The van der Waals surface area contributed by atoms with Gasteiger partial charge in [0.2, 0.25) is 5.91 Å². The minimum atomic E-state index is -1.13. The van der Waals surface area contributed by atoms with Gasteiger partial charge in [0, 0.05) is 17.8 Å². The highest BCUT2D eigenvalue weighted by Crippen LogP contribution is 2.25. The van der Waals surface area contributed by atoms with Gasteiger partial charge in [0.05, 0.1) is 0 Å². The number of aliphatic hydroxyl groups excluding tert-OH is 1. The number of fused-ring (bicyclic) bond motifs is 1. The van der Waals surface area contributed by atoms with Crippen LogP contribution < -0.4 is 11.1 Å². The van der Waals surface area contributed by atoms with Gasteiger partial charge in [0.1, 0.15) is 6.10 Å². The van der Waals surface area contributed by atoms with E-state index in [4.69, 9.17) is 5.73 Å². The van der Waals surface area contributed by atoms with Crippen LogP contribution in [0.2, 0.25) is 0 Å². The summed E-state index contributed by atoms with van der Waals surface area (Å²) < 4.78 is 1.24. The van der Waals surface area contributed by atoms with Crippen molar-refractivity contribution in [3.05, 3.63) is 35.2 Å². The molecule has 1 heterocycles. The van der Waals surface area contributed by atoms with Gasteiger partial charge in [0.25, 0.3) is 0 Å². The molecule has 0 aliphatic carbocycles. The second-order valence-corrected chi connectivity index (χ2v) is 4.72. The molecule has 0 saturated heterocycles. The van der Waals surface area contributed by atoms with Crippen molar-refractivity contribution < 1.29 is 9.90 Å². The molecule has 2 aromatic rings. The summed E-state index contributed by atoms with van der Waals surface area (Å²) in [6, 6.07) is 8.14. The Bertz CT molecular complexity index is 524. The average Bonchev–Trinajstić information content (AvgIpc) is 2.72. The van der Waals surface area contributed by atoms with Crippen molar-refractivity contribution in [2.24, 2.45) is 5.73 Å². The number of rotatable bonds is 5. The maximum absolute atomic E-state index is 10.6. The summed E-state index contributed by atoms with van der Waals surface area (Å²) in [5.74, 6) is -0.701. The topological polar surface area (TPSA) is 75.4 Å². The van der Waals surface area contributed by atoms with Gasteiger partial charge >= 0.3 is 0 Å². The SMILES string of the molecule is NC(=O)C(O)CNCc1csc2ccccc12. The smallest absolute Gasteiger partial charge is 0.247 e.